The third-order valence-corrected chi connectivity index (χ3v) is 7.19. The highest BCUT2D eigenvalue weighted by atomic mass is 19.4. The number of carbonyl (C=O) groups is 1. The molecule has 8 heteroatoms. The largest absolute Gasteiger partial charge is 0.462 e. The van der Waals surface area contributed by atoms with E-state index in [4.69, 9.17) is 4.74 Å². The van der Waals surface area contributed by atoms with Gasteiger partial charge in [-0.15, -0.1) is 0 Å². The van der Waals surface area contributed by atoms with Crippen molar-refractivity contribution in [1.29, 1.82) is 0 Å². The van der Waals surface area contributed by atoms with Crippen LogP contribution >= 0.6 is 0 Å². The summed E-state index contributed by atoms with van der Waals surface area (Å²) in [7, 11) is 0. The van der Waals surface area contributed by atoms with Crippen LogP contribution in [-0.4, -0.2) is 61.6 Å². The molecule has 1 unspecified atom stereocenters. The van der Waals surface area contributed by atoms with Crippen molar-refractivity contribution in [3.8, 4) is 0 Å². The van der Waals surface area contributed by atoms with Crippen LogP contribution < -0.4 is 4.90 Å². The lowest BCUT2D eigenvalue weighted by Crippen LogP contribution is -2.47. The Morgan fingerprint density at radius 2 is 1.87 bits per heavy atom. The van der Waals surface area contributed by atoms with E-state index in [1.165, 1.54) is 0 Å². The first-order valence-corrected chi connectivity index (χ1v) is 11.2. The lowest BCUT2D eigenvalue weighted by atomic mass is 9.79. The van der Waals surface area contributed by atoms with Gasteiger partial charge in [0.2, 0.25) is 0 Å². The van der Waals surface area contributed by atoms with Gasteiger partial charge >= 0.3 is 12.1 Å². The first-order chi connectivity index (χ1) is 14.7. The smallest absolute Gasteiger partial charge is 0.429 e. The van der Waals surface area contributed by atoms with Gasteiger partial charge in [-0.3, -0.25) is 9.69 Å². The molecule has 2 saturated heterocycles. The first kappa shape index (κ1) is 22.1. The number of cyclic esters (lactones) is 1. The zero-order valence-corrected chi connectivity index (χ0v) is 18.2. The molecule has 2 fully saturated rings. The number of fused-ring (bicyclic) bond motifs is 1. The molecule has 0 aliphatic carbocycles. The fourth-order valence-electron chi connectivity index (χ4n) is 4.93. The van der Waals surface area contributed by atoms with Crippen LogP contribution in [0.15, 0.2) is 23.2 Å². The van der Waals surface area contributed by atoms with Gasteiger partial charge in [0.25, 0.3) is 0 Å². The Bertz CT molecular complexity index is 856. The second kappa shape index (κ2) is 8.45. The van der Waals surface area contributed by atoms with Gasteiger partial charge in [-0.1, -0.05) is 13.8 Å². The van der Waals surface area contributed by atoms with Gasteiger partial charge in [0.05, 0.1) is 11.1 Å². The number of ether oxygens (including phenoxy) is 1. The highest BCUT2D eigenvalue weighted by molar-refractivity contribution is 5.98. The Kier molecular flexibility index (Phi) is 6.03. The molecular weight excluding hydrogens is 407 g/mol. The maximum Gasteiger partial charge on any atom is 0.429 e. The zero-order chi connectivity index (χ0) is 22.2. The van der Waals surface area contributed by atoms with Gasteiger partial charge in [-0.25, -0.2) is 4.99 Å². The molecule has 3 aliphatic rings. The number of anilines is 1. The predicted molar refractivity (Wildman–Crippen MR) is 114 cm³/mol. The average Bonchev–Trinajstić information content (AvgIpc) is 3.33. The number of nitrogens with zero attached hydrogens (tertiary/aromatic N) is 3. The van der Waals surface area contributed by atoms with E-state index in [0.29, 0.717) is 11.3 Å². The minimum Gasteiger partial charge on any atom is -0.462 e. The number of carbonyl (C=O) groups excluding carboxylic acids is 1. The summed E-state index contributed by atoms with van der Waals surface area (Å²) < 4.78 is 44.5. The van der Waals surface area contributed by atoms with Crippen molar-refractivity contribution in [2.45, 2.75) is 58.2 Å². The zero-order valence-electron chi connectivity index (χ0n) is 18.2. The average molecular weight is 438 g/mol. The number of aliphatic imine (C=N–C) groups is 1. The summed E-state index contributed by atoms with van der Waals surface area (Å²) in [5.41, 5.74) is 1.01. The molecule has 0 bridgehead atoms. The van der Waals surface area contributed by atoms with Crippen LogP contribution in [0.1, 0.15) is 45.1 Å². The van der Waals surface area contributed by atoms with Crippen LogP contribution in [0.4, 0.5) is 24.5 Å². The number of piperazine rings is 1. The van der Waals surface area contributed by atoms with Crippen molar-refractivity contribution in [1.82, 2.24) is 4.90 Å². The Balaban J connectivity index is 1.27. The van der Waals surface area contributed by atoms with Crippen molar-refractivity contribution in [3.63, 3.8) is 0 Å². The van der Waals surface area contributed by atoms with E-state index >= 15 is 0 Å². The Hall–Kier alpha value is -2.09. The number of rotatable bonds is 6. The van der Waals surface area contributed by atoms with Crippen LogP contribution in [0.3, 0.4) is 0 Å². The van der Waals surface area contributed by atoms with E-state index < -0.39 is 11.9 Å². The molecule has 4 rings (SSSR count). The quantitative estimate of drug-likeness (QED) is 0.615. The third kappa shape index (κ3) is 4.45. The molecule has 0 spiro atoms. The van der Waals surface area contributed by atoms with Gasteiger partial charge in [0, 0.05) is 51.3 Å². The van der Waals surface area contributed by atoms with Gasteiger partial charge in [0.15, 0.2) is 0 Å². The summed E-state index contributed by atoms with van der Waals surface area (Å²) in [6.07, 6.45) is -1.19. The van der Waals surface area contributed by atoms with E-state index in [1.807, 2.05) is 12.1 Å². The fraction of sp³-hybridized carbons (Fsp3) is 0.652. The first-order valence-electron chi connectivity index (χ1n) is 11.2. The molecular formula is C23H30F3N3O2. The van der Waals surface area contributed by atoms with Gasteiger partial charge in [-0.2, -0.15) is 13.2 Å². The van der Waals surface area contributed by atoms with E-state index in [2.05, 4.69) is 28.6 Å². The van der Waals surface area contributed by atoms with Crippen molar-refractivity contribution >= 4 is 23.1 Å². The van der Waals surface area contributed by atoms with Gasteiger partial charge in [0.1, 0.15) is 11.8 Å². The number of hydrogen-bond donors (Lipinski definition) is 0. The van der Waals surface area contributed by atoms with Gasteiger partial charge < -0.3 is 9.64 Å². The predicted octanol–water partition coefficient (Wildman–Crippen LogP) is 4.51. The third-order valence-electron chi connectivity index (χ3n) is 7.19. The number of halogens is 3. The Labute approximate surface area is 181 Å². The minimum absolute atomic E-state index is 0.00460. The SMILES string of the molecule is CCC1(CC)CC(CCN2CCN(c3ccc4c(c3)CC(C(F)(F)F)=N4)CC2)OC1=O. The van der Waals surface area contributed by atoms with E-state index in [0.717, 1.165) is 64.1 Å². The minimum atomic E-state index is -4.37. The molecule has 5 nitrogen and oxygen atoms in total. The number of esters is 1. The molecule has 170 valence electrons. The van der Waals surface area contributed by atoms with Crippen LogP contribution in [0.5, 0.6) is 0 Å². The molecule has 0 radical (unpaired) electrons. The lowest BCUT2D eigenvalue weighted by Gasteiger charge is -2.36. The highest BCUT2D eigenvalue weighted by Gasteiger charge is 2.46. The molecule has 3 aliphatic heterocycles. The summed E-state index contributed by atoms with van der Waals surface area (Å²) in [4.78, 5) is 20.6. The molecule has 0 N–H and O–H groups in total. The van der Waals surface area contributed by atoms with Crippen LogP contribution in [0, 0.1) is 5.41 Å². The summed E-state index contributed by atoms with van der Waals surface area (Å²) in [5.74, 6) is -0.0402. The van der Waals surface area contributed by atoms with Crippen molar-refractivity contribution < 1.29 is 22.7 Å². The number of hydrogen-bond acceptors (Lipinski definition) is 5. The molecule has 3 heterocycles. The lowest BCUT2D eigenvalue weighted by molar-refractivity contribution is -0.149. The molecule has 0 aromatic heterocycles. The molecule has 31 heavy (non-hydrogen) atoms. The van der Waals surface area contributed by atoms with Gasteiger partial charge in [-0.05, 0) is 43.0 Å². The second-order valence-electron chi connectivity index (χ2n) is 8.88. The maximum absolute atomic E-state index is 12.9. The highest BCUT2D eigenvalue weighted by Crippen LogP contribution is 2.41. The summed E-state index contributed by atoms with van der Waals surface area (Å²) in [6, 6.07) is 5.41. The number of alkyl halides is 3. The molecule has 0 saturated carbocycles. The standard InChI is InChI=1S/C23H30F3N3O2/c1-3-22(4-2)15-18(31-21(22)30)7-8-28-9-11-29(12-10-28)17-5-6-19-16(13-17)14-20(27-19)23(24,25)26/h5-6,13,18H,3-4,7-12,14-15H2,1-2H3. The Morgan fingerprint density at radius 1 is 1.16 bits per heavy atom. The fourth-order valence-corrected chi connectivity index (χ4v) is 4.93. The summed E-state index contributed by atoms with van der Waals surface area (Å²) in [6.45, 7) is 8.42. The summed E-state index contributed by atoms with van der Waals surface area (Å²) >= 11 is 0. The van der Waals surface area contributed by atoms with Crippen LogP contribution in [0.2, 0.25) is 0 Å². The van der Waals surface area contributed by atoms with E-state index in [-0.39, 0.29) is 23.9 Å². The summed E-state index contributed by atoms with van der Waals surface area (Å²) in [5, 5.41) is 0. The monoisotopic (exact) mass is 437 g/mol. The van der Waals surface area contributed by atoms with E-state index in [1.54, 1.807) is 6.07 Å². The normalized spacial score (nSPS) is 23.6. The van der Waals surface area contributed by atoms with Crippen molar-refractivity contribution in [2.75, 3.05) is 37.6 Å². The molecule has 0 amide bonds. The second-order valence-corrected chi connectivity index (χ2v) is 8.88. The molecule has 1 atom stereocenters. The van der Waals surface area contributed by atoms with Crippen molar-refractivity contribution in [2.24, 2.45) is 10.4 Å². The maximum atomic E-state index is 12.9. The molecule has 1 aromatic carbocycles. The number of benzene rings is 1. The van der Waals surface area contributed by atoms with Crippen LogP contribution in [-0.2, 0) is 16.0 Å². The topological polar surface area (TPSA) is 45.1 Å². The van der Waals surface area contributed by atoms with Crippen molar-refractivity contribution in [3.05, 3.63) is 23.8 Å². The molecule has 1 aromatic rings. The Morgan fingerprint density at radius 3 is 2.48 bits per heavy atom. The van der Waals surface area contributed by atoms with Crippen LogP contribution in [0.25, 0.3) is 0 Å². The van der Waals surface area contributed by atoms with E-state index in [9.17, 15) is 18.0 Å².